The number of rotatable bonds is 4. The molecule has 1 aromatic rings. The van der Waals surface area contributed by atoms with Gasteiger partial charge in [-0.05, 0) is 43.1 Å². The number of nitrogens with one attached hydrogen (secondary N) is 2. The molecule has 0 aliphatic heterocycles. The van der Waals surface area contributed by atoms with Crippen LogP contribution in [0.5, 0.6) is 0 Å². The highest BCUT2D eigenvalue weighted by Gasteiger charge is 2.39. The summed E-state index contributed by atoms with van der Waals surface area (Å²) in [5.41, 5.74) is 2.13. The van der Waals surface area contributed by atoms with Crippen molar-refractivity contribution in [1.29, 1.82) is 0 Å². The molecule has 2 fully saturated rings. The van der Waals surface area contributed by atoms with Gasteiger partial charge in [-0.1, -0.05) is 6.42 Å². The Morgan fingerprint density at radius 2 is 2.30 bits per heavy atom. The molecule has 20 heavy (non-hydrogen) atoms. The highest BCUT2D eigenvalue weighted by Crippen LogP contribution is 2.47. The molecule has 0 aromatic carbocycles. The van der Waals surface area contributed by atoms with E-state index in [0.717, 1.165) is 11.8 Å². The predicted molar refractivity (Wildman–Crippen MR) is 73.3 cm³/mol. The number of aromatic nitrogens is 1. The number of amides is 1. The number of anilines is 1. The molecule has 1 aromatic heterocycles. The number of nitrogen functional groups attached to an aromatic ring is 1. The van der Waals surface area contributed by atoms with Crippen LogP contribution in [0.2, 0.25) is 0 Å². The van der Waals surface area contributed by atoms with Crippen molar-refractivity contribution in [1.82, 2.24) is 10.3 Å². The van der Waals surface area contributed by atoms with E-state index in [1.54, 1.807) is 0 Å². The van der Waals surface area contributed by atoms with Gasteiger partial charge in [-0.2, -0.15) is 0 Å². The number of carbonyl (C=O) groups excluding carboxylic acids is 1. The lowest BCUT2D eigenvalue weighted by molar-refractivity contribution is 0.0937. The van der Waals surface area contributed by atoms with E-state index in [2.05, 4.69) is 15.7 Å². The van der Waals surface area contributed by atoms with Crippen LogP contribution in [0.1, 0.15) is 36.0 Å². The van der Waals surface area contributed by atoms with Crippen molar-refractivity contribution in [2.24, 2.45) is 23.6 Å². The van der Waals surface area contributed by atoms with Crippen molar-refractivity contribution >= 4 is 11.7 Å². The van der Waals surface area contributed by atoms with Gasteiger partial charge < -0.3 is 10.7 Å². The molecule has 6 heteroatoms. The van der Waals surface area contributed by atoms with E-state index in [1.165, 1.54) is 37.9 Å². The van der Waals surface area contributed by atoms with Crippen molar-refractivity contribution in [3.63, 3.8) is 0 Å². The Morgan fingerprint density at radius 3 is 2.95 bits per heavy atom. The monoisotopic (exact) mass is 278 g/mol. The summed E-state index contributed by atoms with van der Waals surface area (Å²) in [4.78, 5) is 15.8. The van der Waals surface area contributed by atoms with Crippen LogP contribution >= 0.6 is 0 Å². The zero-order valence-corrected chi connectivity index (χ0v) is 11.2. The van der Waals surface area contributed by atoms with E-state index in [1.807, 2.05) is 0 Å². The smallest absolute Gasteiger partial charge is 0.254 e. The SMILES string of the molecule is NNc1nccc(C(=O)NCC2CC3CCC2C3)c1F. The fraction of sp³-hybridized carbons (Fsp3) is 0.571. The van der Waals surface area contributed by atoms with Gasteiger partial charge in [0, 0.05) is 12.7 Å². The van der Waals surface area contributed by atoms with Crippen LogP contribution in [-0.4, -0.2) is 17.4 Å². The summed E-state index contributed by atoms with van der Waals surface area (Å²) in [6.07, 6.45) is 6.46. The average Bonchev–Trinajstić information content (AvgIpc) is 3.07. The number of hydrogen-bond acceptors (Lipinski definition) is 4. The summed E-state index contributed by atoms with van der Waals surface area (Å²) >= 11 is 0. The van der Waals surface area contributed by atoms with Gasteiger partial charge in [0.25, 0.3) is 5.91 Å². The molecule has 2 bridgehead atoms. The second-order valence-corrected chi connectivity index (χ2v) is 5.81. The van der Waals surface area contributed by atoms with Gasteiger partial charge >= 0.3 is 0 Å². The maximum atomic E-state index is 13.9. The lowest BCUT2D eigenvalue weighted by atomic mass is 9.89. The molecule has 0 spiro atoms. The molecule has 0 saturated heterocycles. The minimum Gasteiger partial charge on any atom is -0.352 e. The number of fused-ring (bicyclic) bond motifs is 2. The molecule has 0 radical (unpaired) electrons. The van der Waals surface area contributed by atoms with Crippen LogP contribution < -0.4 is 16.6 Å². The largest absolute Gasteiger partial charge is 0.352 e. The second kappa shape index (κ2) is 5.36. The Hall–Kier alpha value is -1.69. The number of nitrogens with zero attached hydrogens (tertiary/aromatic N) is 1. The Kier molecular flexibility index (Phi) is 3.56. The highest BCUT2D eigenvalue weighted by molar-refractivity contribution is 5.95. The number of halogens is 1. The fourth-order valence-electron chi connectivity index (χ4n) is 3.67. The van der Waals surface area contributed by atoms with Gasteiger partial charge in [-0.3, -0.25) is 4.79 Å². The highest BCUT2D eigenvalue weighted by atomic mass is 19.1. The summed E-state index contributed by atoms with van der Waals surface area (Å²) in [7, 11) is 0. The first-order valence-electron chi connectivity index (χ1n) is 7.08. The zero-order chi connectivity index (χ0) is 14.1. The molecular weight excluding hydrogens is 259 g/mol. The molecule has 1 heterocycles. The van der Waals surface area contributed by atoms with E-state index in [9.17, 15) is 9.18 Å². The van der Waals surface area contributed by atoms with E-state index >= 15 is 0 Å². The third kappa shape index (κ3) is 2.35. The topological polar surface area (TPSA) is 80.0 Å². The van der Waals surface area contributed by atoms with E-state index in [4.69, 9.17) is 5.84 Å². The Morgan fingerprint density at radius 1 is 1.45 bits per heavy atom. The van der Waals surface area contributed by atoms with Gasteiger partial charge in [0.1, 0.15) is 0 Å². The molecule has 2 saturated carbocycles. The molecule has 4 N–H and O–H groups in total. The molecular formula is C14H19FN4O. The first-order chi connectivity index (χ1) is 9.69. The molecule has 5 nitrogen and oxygen atoms in total. The van der Waals surface area contributed by atoms with Crippen molar-refractivity contribution in [3.05, 3.63) is 23.6 Å². The minimum atomic E-state index is -0.708. The van der Waals surface area contributed by atoms with Crippen molar-refractivity contribution < 1.29 is 9.18 Å². The van der Waals surface area contributed by atoms with Crippen LogP contribution in [-0.2, 0) is 0 Å². The summed E-state index contributed by atoms with van der Waals surface area (Å²) in [6.45, 7) is 0.632. The van der Waals surface area contributed by atoms with Gasteiger partial charge in [-0.25, -0.2) is 15.2 Å². The first-order valence-corrected chi connectivity index (χ1v) is 7.08. The zero-order valence-electron chi connectivity index (χ0n) is 11.2. The Bertz CT molecular complexity index is 522. The quantitative estimate of drug-likeness (QED) is 0.578. The summed E-state index contributed by atoms with van der Waals surface area (Å²) < 4.78 is 13.9. The third-order valence-corrected chi connectivity index (χ3v) is 4.68. The van der Waals surface area contributed by atoms with Gasteiger partial charge in [0.15, 0.2) is 11.6 Å². The lowest BCUT2D eigenvalue weighted by Gasteiger charge is -2.21. The number of hydrazine groups is 1. The second-order valence-electron chi connectivity index (χ2n) is 5.81. The normalized spacial score (nSPS) is 27.6. The van der Waals surface area contributed by atoms with Gasteiger partial charge in [-0.15, -0.1) is 0 Å². The summed E-state index contributed by atoms with van der Waals surface area (Å²) in [5, 5.41) is 2.84. The number of carbonyl (C=O) groups is 1. The molecule has 1 amide bonds. The number of hydrogen-bond donors (Lipinski definition) is 3. The number of nitrogens with two attached hydrogens (primary N) is 1. The molecule has 3 rings (SSSR count). The molecule has 108 valence electrons. The van der Waals surface area contributed by atoms with Gasteiger partial charge in [0.05, 0.1) is 5.56 Å². The maximum absolute atomic E-state index is 13.9. The van der Waals surface area contributed by atoms with Crippen LogP contribution in [0, 0.1) is 23.6 Å². The number of pyridine rings is 1. The van der Waals surface area contributed by atoms with Crippen LogP contribution in [0.15, 0.2) is 12.3 Å². The standard InChI is InChI=1S/C14H19FN4O/c15-12-11(3-4-17-13(12)19-16)14(20)18-7-10-6-8-1-2-9(10)5-8/h3-4,8-10H,1-2,5-7,16H2,(H,17,19)(H,18,20). The summed E-state index contributed by atoms with van der Waals surface area (Å²) in [5.74, 6) is 6.06. The Labute approximate surface area is 117 Å². The van der Waals surface area contributed by atoms with Crippen LogP contribution in [0.25, 0.3) is 0 Å². The van der Waals surface area contributed by atoms with Crippen LogP contribution in [0.3, 0.4) is 0 Å². The summed E-state index contributed by atoms with van der Waals surface area (Å²) in [6, 6.07) is 1.37. The molecule has 3 unspecified atom stereocenters. The Balaban J connectivity index is 1.62. The molecule has 2 aliphatic carbocycles. The van der Waals surface area contributed by atoms with E-state index in [0.29, 0.717) is 12.5 Å². The first kappa shape index (κ1) is 13.3. The minimum absolute atomic E-state index is 0.0175. The van der Waals surface area contributed by atoms with Crippen molar-refractivity contribution in [2.75, 3.05) is 12.0 Å². The van der Waals surface area contributed by atoms with Crippen molar-refractivity contribution in [3.8, 4) is 0 Å². The molecule has 2 aliphatic rings. The molecule has 3 atom stereocenters. The predicted octanol–water partition coefficient (Wildman–Crippen LogP) is 1.67. The maximum Gasteiger partial charge on any atom is 0.254 e. The third-order valence-electron chi connectivity index (χ3n) is 4.68. The average molecular weight is 278 g/mol. The van der Waals surface area contributed by atoms with E-state index in [-0.39, 0.29) is 11.4 Å². The van der Waals surface area contributed by atoms with E-state index < -0.39 is 11.7 Å². The van der Waals surface area contributed by atoms with Crippen molar-refractivity contribution in [2.45, 2.75) is 25.7 Å². The lowest BCUT2D eigenvalue weighted by Crippen LogP contribution is -2.32. The fourth-order valence-corrected chi connectivity index (χ4v) is 3.67. The van der Waals surface area contributed by atoms with Gasteiger partial charge in [0.2, 0.25) is 0 Å². The van der Waals surface area contributed by atoms with Crippen LogP contribution in [0.4, 0.5) is 10.2 Å².